The molecule has 8 heteroatoms. The zero-order valence-electron chi connectivity index (χ0n) is 11.8. The fourth-order valence-corrected chi connectivity index (χ4v) is 3.21. The van der Waals surface area contributed by atoms with Crippen LogP contribution >= 0.6 is 0 Å². The first-order valence-corrected chi connectivity index (χ1v) is 8.09. The van der Waals surface area contributed by atoms with Gasteiger partial charge in [0.1, 0.15) is 18.0 Å². The Bertz CT molecular complexity index is 853. The molecular formula is C15H13FN2O4S. The lowest BCUT2D eigenvalue weighted by Crippen LogP contribution is -2.30. The van der Waals surface area contributed by atoms with E-state index in [-0.39, 0.29) is 18.0 Å². The Morgan fingerprint density at radius 2 is 1.87 bits per heavy atom. The summed E-state index contributed by atoms with van der Waals surface area (Å²) in [7, 11) is -4.10. The van der Waals surface area contributed by atoms with Crippen LogP contribution in [0.25, 0.3) is 0 Å². The van der Waals surface area contributed by atoms with Crippen molar-refractivity contribution in [3.63, 3.8) is 0 Å². The highest BCUT2D eigenvalue weighted by Gasteiger charge is 2.33. The molecule has 2 N–H and O–H groups in total. The summed E-state index contributed by atoms with van der Waals surface area (Å²) in [5.41, 5.74) is 0.559. The maximum atomic E-state index is 14.2. The largest absolute Gasteiger partial charge is 0.493 e. The van der Waals surface area contributed by atoms with E-state index >= 15 is 0 Å². The van der Waals surface area contributed by atoms with Gasteiger partial charge in [0.05, 0.1) is 6.20 Å². The normalized spacial score (nSPS) is 15.9. The second-order valence-electron chi connectivity index (χ2n) is 4.78. The Labute approximate surface area is 132 Å². The van der Waals surface area contributed by atoms with Crippen LogP contribution in [0.3, 0.4) is 0 Å². The van der Waals surface area contributed by atoms with Gasteiger partial charge in [-0.1, -0.05) is 36.4 Å². The number of ether oxygens (including phenoxy) is 1. The van der Waals surface area contributed by atoms with Gasteiger partial charge in [0.2, 0.25) is 5.88 Å². The van der Waals surface area contributed by atoms with Crippen molar-refractivity contribution in [2.45, 2.75) is 6.61 Å². The number of hydrogen-bond acceptors (Lipinski definition) is 4. The third kappa shape index (κ3) is 3.07. The van der Waals surface area contributed by atoms with Gasteiger partial charge in [0, 0.05) is 0 Å². The van der Waals surface area contributed by atoms with E-state index in [0.717, 1.165) is 17.8 Å². The van der Waals surface area contributed by atoms with Gasteiger partial charge in [0.15, 0.2) is 5.82 Å². The molecule has 0 amide bonds. The van der Waals surface area contributed by atoms with Gasteiger partial charge in [-0.3, -0.25) is 0 Å². The average molecular weight is 336 g/mol. The van der Waals surface area contributed by atoms with Crippen LogP contribution in [-0.2, 0) is 16.8 Å². The van der Waals surface area contributed by atoms with Crippen LogP contribution in [0.2, 0.25) is 0 Å². The van der Waals surface area contributed by atoms with Crippen molar-refractivity contribution in [1.82, 2.24) is 4.72 Å². The Morgan fingerprint density at radius 3 is 2.52 bits per heavy atom. The number of aliphatic hydroxyl groups excluding tert-OH is 1. The molecule has 2 aromatic carbocycles. The first kappa shape index (κ1) is 15.2. The van der Waals surface area contributed by atoms with Crippen LogP contribution in [0.1, 0.15) is 5.56 Å². The number of nitrogens with zero attached hydrogens (tertiary/aromatic N) is 1. The standard InChI is InChI=1S/C15H13FN2O4S/c16-12-7-4-8-13(22-10-11-5-2-1-3-6-11)15(12)18-9-14(19)17-23(18,20)21/h1-9,17,19H,10H2. The highest BCUT2D eigenvalue weighted by molar-refractivity contribution is 7.91. The van der Waals surface area contributed by atoms with Crippen LogP contribution in [0, 0.1) is 5.82 Å². The number of nitrogens with one attached hydrogen (secondary N) is 1. The summed E-state index contributed by atoms with van der Waals surface area (Å²) in [5.74, 6) is -1.33. The Morgan fingerprint density at radius 1 is 1.13 bits per heavy atom. The van der Waals surface area contributed by atoms with Crippen LogP contribution in [0.5, 0.6) is 5.75 Å². The molecule has 1 aliphatic rings. The van der Waals surface area contributed by atoms with E-state index in [1.807, 2.05) is 35.1 Å². The molecule has 0 aromatic heterocycles. The van der Waals surface area contributed by atoms with Gasteiger partial charge in [-0.2, -0.15) is 8.42 Å². The molecule has 2 aromatic rings. The molecule has 0 bridgehead atoms. The molecule has 1 aliphatic heterocycles. The first-order valence-electron chi connectivity index (χ1n) is 6.65. The number of halogens is 1. The highest BCUT2D eigenvalue weighted by Crippen LogP contribution is 2.35. The minimum absolute atomic E-state index is 0.0465. The number of rotatable bonds is 4. The second-order valence-corrected chi connectivity index (χ2v) is 6.33. The van der Waals surface area contributed by atoms with E-state index in [2.05, 4.69) is 0 Å². The number of benzene rings is 2. The summed E-state index contributed by atoms with van der Waals surface area (Å²) in [5, 5.41) is 9.35. The summed E-state index contributed by atoms with van der Waals surface area (Å²) in [4.78, 5) is 0. The lowest BCUT2D eigenvalue weighted by Gasteiger charge is -2.19. The summed E-state index contributed by atoms with van der Waals surface area (Å²) in [6.07, 6.45) is 0.878. The Kier molecular flexibility index (Phi) is 3.83. The molecule has 120 valence electrons. The number of aliphatic hydroxyl groups is 1. The second kappa shape index (κ2) is 5.81. The molecule has 6 nitrogen and oxygen atoms in total. The summed E-state index contributed by atoms with van der Waals surface area (Å²) in [6.45, 7) is 0.147. The predicted octanol–water partition coefficient (Wildman–Crippen LogP) is 2.42. The minimum Gasteiger partial charge on any atom is -0.493 e. The SMILES string of the molecule is O=S1(=O)NC(O)=CN1c1c(F)cccc1OCc1ccccc1. The molecule has 0 aliphatic carbocycles. The monoisotopic (exact) mass is 336 g/mol. The van der Waals surface area contributed by atoms with Gasteiger partial charge in [0.25, 0.3) is 0 Å². The third-order valence-corrected chi connectivity index (χ3v) is 4.41. The molecular weight excluding hydrogens is 323 g/mol. The van der Waals surface area contributed by atoms with Crippen LogP contribution in [0.15, 0.2) is 60.6 Å². The maximum Gasteiger partial charge on any atom is 0.330 e. The lowest BCUT2D eigenvalue weighted by molar-refractivity contribution is 0.306. The molecule has 0 unspecified atom stereocenters. The van der Waals surface area contributed by atoms with E-state index < -0.39 is 21.9 Å². The topological polar surface area (TPSA) is 78.9 Å². The first-order chi connectivity index (χ1) is 11.0. The summed E-state index contributed by atoms with van der Waals surface area (Å²) < 4.78 is 46.1. The van der Waals surface area contributed by atoms with Crippen molar-refractivity contribution in [1.29, 1.82) is 0 Å². The summed E-state index contributed by atoms with van der Waals surface area (Å²) in [6, 6.07) is 13.2. The quantitative estimate of drug-likeness (QED) is 0.899. The van der Waals surface area contributed by atoms with E-state index in [9.17, 15) is 17.9 Å². The smallest absolute Gasteiger partial charge is 0.330 e. The van der Waals surface area contributed by atoms with E-state index in [1.165, 1.54) is 12.1 Å². The predicted molar refractivity (Wildman–Crippen MR) is 82.4 cm³/mol. The molecule has 0 saturated heterocycles. The average Bonchev–Trinajstić information content (AvgIpc) is 2.78. The van der Waals surface area contributed by atoms with Crippen LogP contribution in [0.4, 0.5) is 10.1 Å². The molecule has 0 saturated carbocycles. The van der Waals surface area contributed by atoms with Gasteiger partial charge >= 0.3 is 10.2 Å². The fourth-order valence-electron chi connectivity index (χ4n) is 2.13. The summed E-state index contributed by atoms with van der Waals surface area (Å²) >= 11 is 0. The molecule has 0 atom stereocenters. The van der Waals surface area contributed by atoms with Crippen LogP contribution in [-0.4, -0.2) is 13.5 Å². The van der Waals surface area contributed by atoms with Gasteiger partial charge in [-0.05, 0) is 17.7 Å². The minimum atomic E-state index is -4.10. The molecule has 0 fully saturated rings. The van der Waals surface area contributed by atoms with Crippen molar-refractivity contribution in [3.05, 3.63) is 72.0 Å². The van der Waals surface area contributed by atoms with Crippen LogP contribution < -0.4 is 13.8 Å². The van der Waals surface area contributed by atoms with E-state index in [0.29, 0.717) is 4.31 Å². The number of hydrogen-bond donors (Lipinski definition) is 2. The van der Waals surface area contributed by atoms with Crippen molar-refractivity contribution in [2.24, 2.45) is 0 Å². The molecule has 0 spiro atoms. The Hall–Kier alpha value is -2.74. The zero-order chi connectivity index (χ0) is 16.4. The molecule has 3 rings (SSSR count). The molecule has 0 radical (unpaired) electrons. The maximum absolute atomic E-state index is 14.2. The number of para-hydroxylation sites is 1. The molecule has 1 heterocycles. The van der Waals surface area contributed by atoms with Gasteiger partial charge in [-0.25, -0.2) is 13.4 Å². The van der Waals surface area contributed by atoms with Crippen molar-refractivity contribution >= 4 is 15.9 Å². The van der Waals surface area contributed by atoms with Crippen molar-refractivity contribution in [2.75, 3.05) is 4.31 Å². The number of anilines is 1. The van der Waals surface area contributed by atoms with Crippen molar-refractivity contribution in [3.8, 4) is 5.75 Å². The van der Waals surface area contributed by atoms with Gasteiger partial charge in [-0.15, -0.1) is 0 Å². The third-order valence-electron chi connectivity index (χ3n) is 3.14. The van der Waals surface area contributed by atoms with Gasteiger partial charge < -0.3 is 9.84 Å². The van der Waals surface area contributed by atoms with E-state index in [4.69, 9.17) is 4.74 Å². The van der Waals surface area contributed by atoms with E-state index in [1.54, 1.807) is 0 Å². The van der Waals surface area contributed by atoms with Crippen molar-refractivity contribution < 1.29 is 22.7 Å². The highest BCUT2D eigenvalue weighted by atomic mass is 32.2. The lowest BCUT2D eigenvalue weighted by atomic mass is 10.2. The zero-order valence-corrected chi connectivity index (χ0v) is 12.6. The molecule has 23 heavy (non-hydrogen) atoms. The fraction of sp³-hybridized carbons (Fsp3) is 0.0667. The Balaban J connectivity index is 1.95.